The Kier molecular flexibility index (Phi) is 3.71. The van der Waals surface area contributed by atoms with E-state index in [-0.39, 0.29) is 16.4 Å². The normalized spacial score (nSPS) is 11.1. The maximum Gasteiger partial charge on any atom is 0.261 e. The Balaban J connectivity index is 2.33. The number of hydrogen-bond acceptors (Lipinski definition) is 3. The van der Waals surface area contributed by atoms with Gasteiger partial charge in [0.15, 0.2) is 0 Å². The Morgan fingerprint density at radius 2 is 1.85 bits per heavy atom. The molecule has 0 heterocycles. The molecule has 2 aromatic carbocycles. The number of amidine groups is 1. The van der Waals surface area contributed by atoms with Gasteiger partial charge in [0.1, 0.15) is 11.7 Å². The van der Waals surface area contributed by atoms with Crippen LogP contribution >= 0.6 is 0 Å². The minimum Gasteiger partial charge on any atom is -0.384 e. The van der Waals surface area contributed by atoms with Crippen molar-refractivity contribution in [2.75, 3.05) is 4.72 Å². The Morgan fingerprint density at radius 1 is 1.15 bits per heavy atom. The maximum absolute atomic E-state index is 13.1. The molecular formula is C13H12FN3O2S. The second-order valence-corrected chi connectivity index (χ2v) is 5.74. The van der Waals surface area contributed by atoms with Gasteiger partial charge in [-0.15, -0.1) is 0 Å². The van der Waals surface area contributed by atoms with E-state index in [1.165, 1.54) is 24.3 Å². The molecule has 0 bridgehead atoms. The predicted octanol–water partition coefficient (Wildman–Crippen LogP) is 1.91. The number of benzene rings is 2. The molecule has 7 heteroatoms. The average molecular weight is 293 g/mol. The molecule has 0 radical (unpaired) electrons. The Labute approximate surface area is 115 Å². The van der Waals surface area contributed by atoms with E-state index in [4.69, 9.17) is 11.1 Å². The van der Waals surface area contributed by atoms with Crippen molar-refractivity contribution in [2.24, 2.45) is 5.73 Å². The van der Waals surface area contributed by atoms with E-state index < -0.39 is 15.8 Å². The van der Waals surface area contributed by atoms with Crippen LogP contribution in [0.2, 0.25) is 0 Å². The summed E-state index contributed by atoms with van der Waals surface area (Å²) in [5.74, 6) is -0.804. The summed E-state index contributed by atoms with van der Waals surface area (Å²) in [6.45, 7) is 0. The highest BCUT2D eigenvalue weighted by Gasteiger charge is 2.15. The first-order valence-corrected chi connectivity index (χ1v) is 7.10. The summed E-state index contributed by atoms with van der Waals surface area (Å²) in [6, 6.07) is 10.8. The van der Waals surface area contributed by atoms with Gasteiger partial charge in [-0.1, -0.05) is 18.2 Å². The third-order valence-electron chi connectivity index (χ3n) is 2.53. The molecule has 5 nitrogen and oxygen atoms in total. The zero-order chi connectivity index (χ0) is 14.8. The first kappa shape index (κ1) is 14.0. The standard InChI is InChI=1S/C13H12FN3O2S/c14-10-4-2-6-12(8-10)20(18,19)17-11-5-1-3-9(7-11)13(15)16/h1-8,17H,(H3,15,16). The molecule has 0 aliphatic rings. The number of hydrogen-bond donors (Lipinski definition) is 3. The van der Waals surface area contributed by atoms with E-state index in [9.17, 15) is 12.8 Å². The maximum atomic E-state index is 13.1. The van der Waals surface area contributed by atoms with E-state index in [0.717, 1.165) is 12.1 Å². The average Bonchev–Trinajstić information content (AvgIpc) is 2.38. The highest BCUT2D eigenvalue weighted by molar-refractivity contribution is 7.92. The van der Waals surface area contributed by atoms with Crippen molar-refractivity contribution in [3.05, 3.63) is 59.9 Å². The second kappa shape index (κ2) is 5.30. The molecule has 0 fully saturated rings. The second-order valence-electron chi connectivity index (χ2n) is 4.06. The van der Waals surface area contributed by atoms with Gasteiger partial charge in [0.05, 0.1) is 4.90 Å². The minimum atomic E-state index is -3.88. The number of rotatable bonds is 4. The number of nitrogens with one attached hydrogen (secondary N) is 2. The van der Waals surface area contributed by atoms with E-state index in [0.29, 0.717) is 5.56 Å². The van der Waals surface area contributed by atoms with Crippen molar-refractivity contribution in [2.45, 2.75) is 4.90 Å². The molecule has 104 valence electrons. The zero-order valence-corrected chi connectivity index (χ0v) is 11.1. The van der Waals surface area contributed by atoms with Crippen molar-refractivity contribution < 1.29 is 12.8 Å². The highest BCUT2D eigenvalue weighted by atomic mass is 32.2. The number of sulfonamides is 1. The summed E-state index contributed by atoms with van der Waals surface area (Å²) < 4.78 is 39.5. The van der Waals surface area contributed by atoms with E-state index in [1.54, 1.807) is 12.1 Å². The van der Waals surface area contributed by atoms with Gasteiger partial charge in [0.2, 0.25) is 0 Å². The number of nitrogen functional groups attached to an aromatic ring is 1. The predicted molar refractivity (Wildman–Crippen MR) is 74.7 cm³/mol. The Morgan fingerprint density at radius 3 is 2.50 bits per heavy atom. The first-order valence-electron chi connectivity index (χ1n) is 5.61. The molecule has 0 unspecified atom stereocenters. The lowest BCUT2D eigenvalue weighted by Crippen LogP contribution is -2.15. The SMILES string of the molecule is N=C(N)c1cccc(NS(=O)(=O)c2cccc(F)c2)c1. The van der Waals surface area contributed by atoms with Crippen LogP contribution in [0.5, 0.6) is 0 Å². The molecule has 2 rings (SSSR count). The lowest BCUT2D eigenvalue weighted by molar-refractivity contribution is 0.595. The zero-order valence-electron chi connectivity index (χ0n) is 10.3. The molecule has 0 amide bonds. The smallest absolute Gasteiger partial charge is 0.261 e. The summed E-state index contributed by atoms with van der Waals surface area (Å²) >= 11 is 0. The molecule has 0 aliphatic carbocycles. The number of nitrogens with two attached hydrogens (primary N) is 1. The molecule has 2 aromatic rings. The van der Waals surface area contributed by atoms with Crippen molar-refractivity contribution in [3.63, 3.8) is 0 Å². The van der Waals surface area contributed by atoms with Gasteiger partial charge in [-0.05, 0) is 30.3 Å². The Bertz CT molecular complexity index is 760. The van der Waals surface area contributed by atoms with Gasteiger partial charge in [0, 0.05) is 11.3 Å². The molecule has 0 saturated heterocycles. The van der Waals surface area contributed by atoms with Crippen molar-refractivity contribution in [3.8, 4) is 0 Å². The highest BCUT2D eigenvalue weighted by Crippen LogP contribution is 2.17. The fourth-order valence-electron chi connectivity index (χ4n) is 1.60. The fourth-order valence-corrected chi connectivity index (χ4v) is 2.68. The van der Waals surface area contributed by atoms with Crippen molar-refractivity contribution in [1.29, 1.82) is 5.41 Å². The third kappa shape index (κ3) is 3.12. The van der Waals surface area contributed by atoms with Crippen LogP contribution in [0.4, 0.5) is 10.1 Å². The molecule has 4 N–H and O–H groups in total. The van der Waals surface area contributed by atoms with Crippen molar-refractivity contribution >= 4 is 21.5 Å². The molecule has 0 saturated carbocycles. The quantitative estimate of drug-likeness (QED) is 0.593. The van der Waals surface area contributed by atoms with Crippen LogP contribution in [-0.4, -0.2) is 14.3 Å². The van der Waals surface area contributed by atoms with Crippen LogP contribution in [0.3, 0.4) is 0 Å². The largest absolute Gasteiger partial charge is 0.384 e. The molecule has 20 heavy (non-hydrogen) atoms. The summed E-state index contributed by atoms with van der Waals surface area (Å²) in [4.78, 5) is -0.175. The molecule has 0 aliphatic heterocycles. The van der Waals surface area contributed by atoms with Gasteiger partial charge in [-0.25, -0.2) is 12.8 Å². The van der Waals surface area contributed by atoms with E-state index in [1.807, 2.05) is 0 Å². The monoisotopic (exact) mass is 293 g/mol. The third-order valence-corrected chi connectivity index (χ3v) is 3.91. The van der Waals surface area contributed by atoms with Crippen LogP contribution in [0.1, 0.15) is 5.56 Å². The lowest BCUT2D eigenvalue weighted by Gasteiger charge is -2.09. The lowest BCUT2D eigenvalue weighted by atomic mass is 10.2. The summed E-state index contributed by atoms with van der Waals surface area (Å²) in [7, 11) is -3.88. The fraction of sp³-hybridized carbons (Fsp3) is 0. The summed E-state index contributed by atoms with van der Waals surface area (Å²) in [5, 5.41) is 7.31. The molecule has 0 aromatic heterocycles. The van der Waals surface area contributed by atoms with Gasteiger partial charge in [-0.3, -0.25) is 10.1 Å². The van der Waals surface area contributed by atoms with Crippen LogP contribution < -0.4 is 10.5 Å². The minimum absolute atomic E-state index is 0.170. The van der Waals surface area contributed by atoms with E-state index in [2.05, 4.69) is 4.72 Å². The molecule has 0 spiro atoms. The van der Waals surface area contributed by atoms with Crippen LogP contribution in [0.15, 0.2) is 53.4 Å². The van der Waals surface area contributed by atoms with Gasteiger partial charge in [0.25, 0.3) is 10.0 Å². The van der Waals surface area contributed by atoms with Crippen LogP contribution in [-0.2, 0) is 10.0 Å². The van der Waals surface area contributed by atoms with Gasteiger partial charge in [-0.2, -0.15) is 0 Å². The van der Waals surface area contributed by atoms with Gasteiger partial charge < -0.3 is 5.73 Å². The topological polar surface area (TPSA) is 96.0 Å². The first-order chi connectivity index (χ1) is 9.38. The molecular weight excluding hydrogens is 281 g/mol. The molecule has 0 atom stereocenters. The summed E-state index contributed by atoms with van der Waals surface area (Å²) in [5.41, 5.74) is 5.98. The van der Waals surface area contributed by atoms with E-state index >= 15 is 0 Å². The summed E-state index contributed by atoms with van der Waals surface area (Å²) in [6.07, 6.45) is 0. The van der Waals surface area contributed by atoms with Crippen LogP contribution in [0.25, 0.3) is 0 Å². The number of halogens is 1. The van der Waals surface area contributed by atoms with Crippen molar-refractivity contribution in [1.82, 2.24) is 0 Å². The number of anilines is 1. The Hall–Kier alpha value is -2.41. The van der Waals surface area contributed by atoms with Crippen LogP contribution in [0, 0.1) is 11.2 Å². The van der Waals surface area contributed by atoms with Gasteiger partial charge >= 0.3 is 0 Å².